The molecule has 3 aromatic rings. The molecule has 2 aliphatic rings. The predicted molar refractivity (Wildman–Crippen MR) is 117 cm³/mol. The number of piperidine rings is 1. The molecule has 9 nitrogen and oxygen atoms in total. The summed E-state index contributed by atoms with van der Waals surface area (Å²) in [7, 11) is 3.56. The third-order valence-electron chi connectivity index (χ3n) is 6.43. The van der Waals surface area contributed by atoms with E-state index in [1.807, 2.05) is 18.9 Å². The molecule has 32 heavy (non-hydrogen) atoms. The van der Waals surface area contributed by atoms with Crippen molar-refractivity contribution in [1.82, 2.24) is 29.9 Å². The highest BCUT2D eigenvalue weighted by Gasteiger charge is 2.33. The van der Waals surface area contributed by atoms with E-state index < -0.39 is 0 Å². The molecular formula is C22H25FN8O. The highest BCUT2D eigenvalue weighted by molar-refractivity contribution is 5.96. The third kappa shape index (κ3) is 3.17. The number of halogens is 1. The zero-order valence-electron chi connectivity index (χ0n) is 18.3. The van der Waals surface area contributed by atoms with E-state index in [9.17, 15) is 9.18 Å². The Balaban J connectivity index is 1.80. The van der Waals surface area contributed by atoms with Gasteiger partial charge in [-0.1, -0.05) is 0 Å². The van der Waals surface area contributed by atoms with Gasteiger partial charge in [-0.05, 0) is 49.9 Å². The van der Waals surface area contributed by atoms with Crippen molar-refractivity contribution in [2.75, 3.05) is 24.2 Å². The van der Waals surface area contributed by atoms with E-state index in [1.165, 1.54) is 12.1 Å². The number of carbonyl (C=O) groups excluding carboxylic acids is 1. The Kier molecular flexibility index (Phi) is 4.79. The van der Waals surface area contributed by atoms with Gasteiger partial charge in [-0.2, -0.15) is 5.10 Å². The number of nitrogen functional groups attached to an aromatic ring is 1. The fraction of sp³-hybridized carbons (Fsp3) is 0.409. The van der Waals surface area contributed by atoms with Crippen LogP contribution in [-0.2, 0) is 13.6 Å². The molecule has 5 rings (SSSR count). The fourth-order valence-corrected chi connectivity index (χ4v) is 4.74. The van der Waals surface area contributed by atoms with Crippen molar-refractivity contribution in [3.63, 3.8) is 0 Å². The summed E-state index contributed by atoms with van der Waals surface area (Å²) in [6.07, 6.45) is 2.65. The Morgan fingerprint density at radius 1 is 1.19 bits per heavy atom. The van der Waals surface area contributed by atoms with Crippen LogP contribution in [-0.4, -0.2) is 49.4 Å². The van der Waals surface area contributed by atoms with E-state index in [0.29, 0.717) is 35.0 Å². The first-order valence-corrected chi connectivity index (χ1v) is 10.7. The molecule has 2 aliphatic heterocycles. The number of aryl methyl sites for hydroxylation is 1. The van der Waals surface area contributed by atoms with E-state index in [2.05, 4.69) is 15.3 Å². The summed E-state index contributed by atoms with van der Waals surface area (Å²) in [6, 6.07) is 4.11. The molecule has 0 aliphatic carbocycles. The molecule has 166 valence electrons. The number of amides is 1. The third-order valence-corrected chi connectivity index (χ3v) is 6.43. The van der Waals surface area contributed by atoms with E-state index in [4.69, 9.17) is 10.7 Å². The summed E-state index contributed by atoms with van der Waals surface area (Å²) in [5.74, 6) is 0.567. The normalized spacial score (nSPS) is 18.4. The first-order valence-electron chi connectivity index (χ1n) is 10.7. The second-order valence-electron chi connectivity index (χ2n) is 8.47. The van der Waals surface area contributed by atoms with Crippen LogP contribution in [0.4, 0.5) is 16.0 Å². The number of rotatable bonds is 0. The number of anilines is 2. The van der Waals surface area contributed by atoms with Gasteiger partial charge in [0.05, 0.1) is 23.8 Å². The van der Waals surface area contributed by atoms with Gasteiger partial charge in [0, 0.05) is 31.9 Å². The Bertz CT molecular complexity index is 1220. The van der Waals surface area contributed by atoms with E-state index in [-0.39, 0.29) is 30.1 Å². The molecule has 0 unspecified atom stereocenters. The summed E-state index contributed by atoms with van der Waals surface area (Å²) < 4.78 is 16.1. The van der Waals surface area contributed by atoms with Crippen LogP contribution in [0, 0.1) is 12.7 Å². The first kappa shape index (κ1) is 20.3. The minimum absolute atomic E-state index is 0.184. The summed E-state index contributed by atoms with van der Waals surface area (Å²) in [5, 5.41) is 13.1. The van der Waals surface area contributed by atoms with Gasteiger partial charge in [0.15, 0.2) is 17.5 Å². The summed E-state index contributed by atoms with van der Waals surface area (Å²) in [4.78, 5) is 22.0. The van der Waals surface area contributed by atoms with Crippen molar-refractivity contribution in [3.8, 4) is 11.4 Å². The lowest BCUT2D eigenvalue weighted by atomic mass is 9.91. The highest BCUT2D eigenvalue weighted by Crippen LogP contribution is 2.39. The maximum absolute atomic E-state index is 14.4. The van der Waals surface area contributed by atoms with Crippen LogP contribution >= 0.6 is 0 Å². The summed E-state index contributed by atoms with van der Waals surface area (Å²) in [5.41, 5.74) is 9.63. The number of nitrogens with zero attached hydrogens (tertiary/aromatic N) is 7. The van der Waals surface area contributed by atoms with Crippen molar-refractivity contribution in [1.29, 1.82) is 0 Å². The van der Waals surface area contributed by atoms with Crippen LogP contribution in [0.15, 0.2) is 18.2 Å². The predicted octanol–water partition coefficient (Wildman–Crippen LogP) is 2.62. The number of hydrogen-bond acceptors (Lipinski definition) is 7. The standard InChI is InChI=1S/C22H25FN8O/c1-12-18-16(28-30(12)3)11-29(2)22(32)14-8-7-13(23)10-15(14)17-6-4-5-9-31(17)21-19(24)26-27-20(18)25-21/h7-8,10,17H,4-6,9,11H2,1-3H3,(H2,24,26)/t17-/m1/s1. The molecule has 2 N–H and O–H groups in total. The van der Waals surface area contributed by atoms with E-state index in [0.717, 1.165) is 30.5 Å². The van der Waals surface area contributed by atoms with Crippen molar-refractivity contribution < 1.29 is 9.18 Å². The van der Waals surface area contributed by atoms with Gasteiger partial charge in [-0.15, -0.1) is 10.2 Å². The second kappa shape index (κ2) is 7.54. The average molecular weight is 436 g/mol. The number of nitrogens with two attached hydrogens (primary N) is 1. The van der Waals surface area contributed by atoms with Crippen molar-refractivity contribution in [2.24, 2.45) is 7.05 Å². The van der Waals surface area contributed by atoms with Gasteiger partial charge >= 0.3 is 0 Å². The quantitative estimate of drug-likeness (QED) is 0.577. The van der Waals surface area contributed by atoms with Crippen LogP contribution in [0.2, 0.25) is 0 Å². The first-order chi connectivity index (χ1) is 15.3. The Hall–Kier alpha value is -3.56. The lowest BCUT2D eigenvalue weighted by Gasteiger charge is -2.38. The Morgan fingerprint density at radius 3 is 2.81 bits per heavy atom. The van der Waals surface area contributed by atoms with Crippen LogP contribution in [0.3, 0.4) is 0 Å². The molecular weight excluding hydrogens is 411 g/mol. The lowest BCUT2D eigenvalue weighted by molar-refractivity contribution is 0.0781. The Labute approximate surface area is 185 Å². The van der Waals surface area contributed by atoms with Gasteiger partial charge in [0.25, 0.3) is 5.91 Å². The molecule has 1 atom stereocenters. The zero-order valence-corrected chi connectivity index (χ0v) is 18.3. The molecule has 0 radical (unpaired) electrons. The molecule has 0 spiro atoms. The van der Waals surface area contributed by atoms with Crippen LogP contribution < -0.4 is 10.6 Å². The summed E-state index contributed by atoms with van der Waals surface area (Å²) in [6.45, 7) is 2.86. The number of fused-ring (bicyclic) bond motifs is 8. The SMILES string of the molecule is Cc1c2c(nn1C)CN(C)C(=O)c1ccc(F)cc1[C@H]1CCCCN1c1nc-2nnc1N. The maximum Gasteiger partial charge on any atom is 0.254 e. The highest BCUT2D eigenvalue weighted by atomic mass is 19.1. The molecule has 2 aromatic heterocycles. The number of hydrogen-bond donors (Lipinski definition) is 1. The number of benzene rings is 1. The van der Waals surface area contributed by atoms with Crippen molar-refractivity contribution >= 4 is 17.5 Å². The van der Waals surface area contributed by atoms with Crippen LogP contribution in [0.1, 0.15) is 52.6 Å². The smallest absolute Gasteiger partial charge is 0.254 e. The molecule has 1 saturated heterocycles. The minimum atomic E-state index is -0.381. The molecule has 0 saturated carbocycles. The average Bonchev–Trinajstić information content (AvgIpc) is 3.06. The zero-order chi connectivity index (χ0) is 22.6. The molecule has 1 amide bonds. The van der Waals surface area contributed by atoms with Crippen molar-refractivity contribution in [3.05, 3.63) is 46.5 Å². The van der Waals surface area contributed by atoms with Crippen molar-refractivity contribution in [2.45, 2.75) is 38.8 Å². The van der Waals surface area contributed by atoms with Gasteiger partial charge in [0.2, 0.25) is 0 Å². The minimum Gasteiger partial charge on any atom is -0.379 e. The van der Waals surface area contributed by atoms with Gasteiger partial charge in [-0.3, -0.25) is 9.48 Å². The number of carbonyl (C=O) groups is 1. The second-order valence-corrected chi connectivity index (χ2v) is 8.47. The van der Waals surface area contributed by atoms with Crippen LogP contribution in [0.25, 0.3) is 11.4 Å². The van der Waals surface area contributed by atoms with Gasteiger partial charge in [-0.25, -0.2) is 9.37 Å². The maximum atomic E-state index is 14.4. The Morgan fingerprint density at radius 2 is 2.00 bits per heavy atom. The lowest BCUT2D eigenvalue weighted by Crippen LogP contribution is -2.37. The largest absolute Gasteiger partial charge is 0.379 e. The topological polar surface area (TPSA) is 106 Å². The van der Waals surface area contributed by atoms with Gasteiger partial charge in [0.1, 0.15) is 5.82 Å². The monoisotopic (exact) mass is 436 g/mol. The number of aromatic nitrogens is 5. The van der Waals surface area contributed by atoms with Crippen LogP contribution in [0.5, 0.6) is 0 Å². The molecule has 2 bridgehead atoms. The van der Waals surface area contributed by atoms with Gasteiger partial charge < -0.3 is 15.5 Å². The molecule has 4 heterocycles. The van der Waals surface area contributed by atoms with E-state index >= 15 is 0 Å². The molecule has 10 heteroatoms. The molecule has 1 fully saturated rings. The molecule has 1 aromatic carbocycles. The fourth-order valence-electron chi connectivity index (χ4n) is 4.74. The van der Waals surface area contributed by atoms with E-state index in [1.54, 1.807) is 22.7 Å². The summed E-state index contributed by atoms with van der Waals surface area (Å²) >= 11 is 0.